The van der Waals surface area contributed by atoms with Gasteiger partial charge < -0.3 is 18.7 Å². The third-order valence-electron chi connectivity index (χ3n) is 6.38. The van der Waals surface area contributed by atoms with E-state index in [1.54, 1.807) is 48.5 Å². The van der Waals surface area contributed by atoms with Crippen LogP contribution in [0.4, 0.5) is 11.4 Å². The fourth-order valence-electron chi connectivity index (χ4n) is 4.35. The van der Waals surface area contributed by atoms with Crippen LogP contribution in [0.5, 0.6) is 11.5 Å². The number of ether oxygens (including phenoxy) is 1. The summed E-state index contributed by atoms with van der Waals surface area (Å²) in [7, 11) is 1.46. The minimum absolute atomic E-state index is 0.0429. The molecule has 0 atom stereocenters. The van der Waals surface area contributed by atoms with Crippen LogP contribution in [0.2, 0.25) is 0 Å². The zero-order chi connectivity index (χ0) is 30.7. The molecular weight excluding hydrogens is 560 g/mol. The van der Waals surface area contributed by atoms with Crippen molar-refractivity contribution in [2.45, 2.75) is 0 Å². The largest absolute Gasteiger partial charge is 0.508 e. The Morgan fingerprint density at radius 3 is 1.60 bits per heavy atom. The van der Waals surface area contributed by atoms with Crippen LogP contribution in [-0.2, 0) is 0 Å². The third kappa shape index (κ3) is 5.79. The fourth-order valence-corrected chi connectivity index (χ4v) is 4.35. The number of nitro groups is 2. The summed E-state index contributed by atoms with van der Waals surface area (Å²) in [6, 6.07) is 23.7. The van der Waals surface area contributed by atoms with E-state index in [0.717, 1.165) is 0 Å². The number of fused-ring (bicyclic) bond motifs is 2. The number of methoxy groups -OCH3 is 1. The summed E-state index contributed by atoms with van der Waals surface area (Å²) < 4.78 is 16.3. The van der Waals surface area contributed by atoms with Gasteiger partial charge in [-0.25, -0.2) is 0 Å². The number of hydrogen-bond acceptors (Lipinski definition) is 10. The Kier molecular flexibility index (Phi) is 7.66. The van der Waals surface area contributed by atoms with Crippen molar-refractivity contribution < 1.29 is 28.5 Å². The number of hydrogen-bond donors (Lipinski definition) is 1. The molecule has 214 valence electrons. The molecule has 0 amide bonds. The van der Waals surface area contributed by atoms with Gasteiger partial charge in [0.2, 0.25) is 0 Å². The SMILES string of the molecule is COc1ccc([N+](=O)[O-])c(-c2cc(=O)c3ccccc3o2)c1.O=c1cc(-c2cc(O)ccc2[N+](=O)[O-])oc2ccccc12. The van der Waals surface area contributed by atoms with E-state index < -0.39 is 9.85 Å². The molecule has 0 bridgehead atoms. The maximum Gasteiger partial charge on any atom is 0.280 e. The summed E-state index contributed by atoms with van der Waals surface area (Å²) in [6.45, 7) is 0. The Labute approximate surface area is 240 Å². The summed E-state index contributed by atoms with van der Waals surface area (Å²) in [5.41, 5.74) is 0.0127. The molecule has 0 fully saturated rings. The number of rotatable bonds is 5. The Bertz CT molecular complexity index is 2150. The van der Waals surface area contributed by atoms with Crippen molar-refractivity contribution in [1.82, 2.24) is 0 Å². The zero-order valence-electron chi connectivity index (χ0n) is 22.3. The Morgan fingerprint density at radius 2 is 1.12 bits per heavy atom. The van der Waals surface area contributed by atoms with E-state index in [9.17, 15) is 34.9 Å². The van der Waals surface area contributed by atoms with Crippen molar-refractivity contribution in [3.63, 3.8) is 0 Å². The molecule has 43 heavy (non-hydrogen) atoms. The maximum absolute atomic E-state index is 12.1. The van der Waals surface area contributed by atoms with E-state index in [0.29, 0.717) is 27.7 Å². The summed E-state index contributed by atoms with van der Waals surface area (Å²) >= 11 is 0. The van der Waals surface area contributed by atoms with Gasteiger partial charge in [0.25, 0.3) is 11.4 Å². The van der Waals surface area contributed by atoms with E-state index in [-0.39, 0.29) is 50.6 Å². The Hall–Kier alpha value is -6.30. The highest BCUT2D eigenvalue weighted by atomic mass is 16.6. The third-order valence-corrected chi connectivity index (χ3v) is 6.38. The molecule has 0 radical (unpaired) electrons. The van der Waals surface area contributed by atoms with Crippen LogP contribution >= 0.6 is 0 Å². The van der Waals surface area contributed by atoms with Crippen LogP contribution in [0.25, 0.3) is 44.6 Å². The lowest BCUT2D eigenvalue weighted by atomic mass is 10.1. The molecule has 2 aromatic heterocycles. The predicted octanol–water partition coefficient (Wildman–Crippen LogP) is 6.45. The van der Waals surface area contributed by atoms with Crippen LogP contribution in [-0.4, -0.2) is 22.1 Å². The molecule has 0 saturated carbocycles. The first kappa shape index (κ1) is 28.2. The topological polar surface area (TPSA) is 176 Å². The van der Waals surface area contributed by atoms with Crippen LogP contribution < -0.4 is 15.6 Å². The molecule has 0 aliphatic carbocycles. The highest BCUT2D eigenvalue weighted by Crippen LogP contribution is 2.35. The second-order valence-electron chi connectivity index (χ2n) is 9.04. The van der Waals surface area contributed by atoms with Crippen molar-refractivity contribution in [2.24, 2.45) is 0 Å². The van der Waals surface area contributed by atoms with Crippen LogP contribution in [0.3, 0.4) is 0 Å². The van der Waals surface area contributed by atoms with E-state index in [4.69, 9.17) is 13.6 Å². The van der Waals surface area contributed by atoms with Crippen molar-refractivity contribution in [1.29, 1.82) is 0 Å². The van der Waals surface area contributed by atoms with Gasteiger partial charge in [0.05, 0.1) is 38.9 Å². The standard InChI is InChI=1S/C16H11NO5.C15H9NO5/c1-21-10-6-7-13(17(19)20)12(8-10)16-9-14(18)11-4-2-3-5-15(11)22-16;17-9-5-6-12(16(19)20)11(7-9)15-8-13(18)10-3-1-2-4-14(10)21-15/h2-9H,1H3;1-8,17H. The van der Waals surface area contributed by atoms with Gasteiger partial charge in [-0.05, 0) is 48.5 Å². The van der Waals surface area contributed by atoms with E-state index >= 15 is 0 Å². The molecule has 0 saturated heterocycles. The van der Waals surface area contributed by atoms with Gasteiger partial charge in [-0.3, -0.25) is 29.8 Å². The monoisotopic (exact) mass is 580 g/mol. The van der Waals surface area contributed by atoms with Crippen molar-refractivity contribution >= 4 is 33.3 Å². The van der Waals surface area contributed by atoms with Crippen LogP contribution in [0.15, 0.2) is 115 Å². The highest BCUT2D eigenvalue weighted by molar-refractivity contribution is 5.81. The molecule has 12 nitrogen and oxygen atoms in total. The molecule has 0 aliphatic heterocycles. The Morgan fingerprint density at radius 1 is 0.651 bits per heavy atom. The minimum Gasteiger partial charge on any atom is -0.508 e. The number of phenols is 1. The Balaban J connectivity index is 0.000000171. The van der Waals surface area contributed by atoms with Gasteiger partial charge in [0.15, 0.2) is 10.9 Å². The van der Waals surface area contributed by atoms with Crippen molar-refractivity contribution in [3.8, 4) is 34.1 Å². The number of benzene rings is 4. The zero-order valence-corrected chi connectivity index (χ0v) is 22.3. The molecule has 2 heterocycles. The van der Waals surface area contributed by atoms with Gasteiger partial charge in [-0.15, -0.1) is 0 Å². The molecule has 12 heteroatoms. The molecule has 4 aromatic carbocycles. The fraction of sp³-hybridized carbons (Fsp3) is 0.0323. The van der Waals surface area contributed by atoms with Crippen LogP contribution in [0.1, 0.15) is 0 Å². The van der Waals surface area contributed by atoms with Gasteiger partial charge in [-0.1, -0.05) is 24.3 Å². The number of para-hydroxylation sites is 2. The summed E-state index contributed by atoms with van der Waals surface area (Å²) in [5, 5.41) is 32.6. The number of nitro benzene ring substituents is 2. The van der Waals surface area contributed by atoms with Crippen LogP contribution in [0, 0.1) is 20.2 Å². The molecular formula is C31H20N2O10. The first-order valence-electron chi connectivity index (χ1n) is 12.5. The molecule has 6 aromatic rings. The smallest absolute Gasteiger partial charge is 0.280 e. The first-order valence-corrected chi connectivity index (χ1v) is 12.5. The lowest BCUT2D eigenvalue weighted by Crippen LogP contribution is -2.01. The van der Waals surface area contributed by atoms with E-state index in [1.807, 2.05) is 0 Å². The number of nitrogens with zero attached hydrogens (tertiary/aromatic N) is 2. The normalized spacial score (nSPS) is 10.6. The van der Waals surface area contributed by atoms with E-state index in [2.05, 4.69) is 0 Å². The molecule has 6 rings (SSSR count). The van der Waals surface area contributed by atoms with Gasteiger partial charge in [-0.2, -0.15) is 0 Å². The lowest BCUT2D eigenvalue weighted by Gasteiger charge is -2.06. The second kappa shape index (κ2) is 11.7. The highest BCUT2D eigenvalue weighted by Gasteiger charge is 2.20. The second-order valence-corrected chi connectivity index (χ2v) is 9.04. The average molecular weight is 581 g/mol. The number of aromatic hydroxyl groups is 1. The first-order chi connectivity index (χ1) is 20.7. The summed E-state index contributed by atoms with van der Waals surface area (Å²) in [5.74, 6) is 0.471. The average Bonchev–Trinajstić information content (AvgIpc) is 3.00. The molecule has 1 N–H and O–H groups in total. The number of phenolic OH excluding ortho intramolecular Hbond substituents is 1. The predicted molar refractivity (Wildman–Crippen MR) is 157 cm³/mol. The van der Waals surface area contributed by atoms with Crippen molar-refractivity contribution in [2.75, 3.05) is 7.11 Å². The van der Waals surface area contributed by atoms with Crippen molar-refractivity contribution in [3.05, 3.63) is 138 Å². The maximum atomic E-state index is 12.1. The molecule has 0 aliphatic rings. The molecule has 0 unspecified atom stereocenters. The van der Waals surface area contributed by atoms with E-state index in [1.165, 1.54) is 55.6 Å². The summed E-state index contributed by atoms with van der Waals surface area (Å²) in [6.07, 6.45) is 0. The van der Waals surface area contributed by atoms with Gasteiger partial charge >= 0.3 is 0 Å². The lowest BCUT2D eigenvalue weighted by molar-refractivity contribution is -0.384. The van der Waals surface area contributed by atoms with Gasteiger partial charge in [0.1, 0.15) is 34.2 Å². The summed E-state index contributed by atoms with van der Waals surface area (Å²) in [4.78, 5) is 45.3. The molecule has 0 spiro atoms. The minimum atomic E-state index is -0.593. The quantitative estimate of drug-likeness (QED) is 0.176. The van der Waals surface area contributed by atoms with Gasteiger partial charge in [0, 0.05) is 24.3 Å².